The molecule has 3 aromatic carbocycles. The van der Waals surface area contributed by atoms with E-state index in [1.54, 1.807) is 42.5 Å². The molecule has 192 valence electrons. The molecule has 9 nitrogen and oxygen atoms in total. The monoisotopic (exact) mass is 506 g/mol. The largest absolute Gasteiger partial charge is 0.507 e. The summed E-state index contributed by atoms with van der Waals surface area (Å²) in [6.45, 7) is 5.34. The number of ketones is 1. The number of rotatable bonds is 7. The van der Waals surface area contributed by atoms with Crippen LogP contribution in [0, 0.1) is 0 Å². The van der Waals surface area contributed by atoms with Crippen LogP contribution in [0.2, 0.25) is 0 Å². The van der Waals surface area contributed by atoms with Gasteiger partial charge in [0.15, 0.2) is 5.78 Å². The number of Topliss-reactive ketones (excluding diaryl/α,β-unsaturated/α-hetero) is 1. The van der Waals surface area contributed by atoms with Crippen LogP contribution < -0.4 is 9.47 Å². The van der Waals surface area contributed by atoms with E-state index in [9.17, 15) is 30.0 Å². The molecule has 0 radical (unpaired) electrons. The number of aliphatic hydroxyl groups is 3. The zero-order chi connectivity index (χ0) is 26.7. The summed E-state index contributed by atoms with van der Waals surface area (Å²) >= 11 is 0. The average molecular weight is 507 g/mol. The number of hydrogen-bond acceptors (Lipinski definition) is 9. The summed E-state index contributed by atoms with van der Waals surface area (Å²) in [6.07, 6.45) is -6.36. The Balaban J connectivity index is 1.42. The number of carbonyl (C=O) groups is 2. The molecule has 37 heavy (non-hydrogen) atoms. The fourth-order valence-electron chi connectivity index (χ4n) is 3.78. The fourth-order valence-corrected chi connectivity index (χ4v) is 3.78. The second-order valence-electron chi connectivity index (χ2n) is 8.57. The van der Waals surface area contributed by atoms with E-state index in [-0.39, 0.29) is 16.9 Å². The molecule has 0 bridgehead atoms. The van der Waals surface area contributed by atoms with Crippen molar-refractivity contribution in [3.63, 3.8) is 0 Å². The predicted molar refractivity (Wildman–Crippen MR) is 132 cm³/mol. The highest BCUT2D eigenvalue weighted by molar-refractivity contribution is 6.29. The van der Waals surface area contributed by atoms with Crippen LogP contribution in [0.5, 0.6) is 17.2 Å². The molecule has 0 aliphatic carbocycles. The number of esters is 1. The molecule has 0 spiro atoms. The van der Waals surface area contributed by atoms with E-state index in [0.717, 1.165) is 0 Å². The van der Waals surface area contributed by atoms with Crippen LogP contribution in [0.1, 0.15) is 33.2 Å². The summed E-state index contributed by atoms with van der Waals surface area (Å²) < 4.78 is 16.2. The summed E-state index contributed by atoms with van der Waals surface area (Å²) in [4.78, 5) is 25.2. The molecule has 4 N–H and O–H groups in total. The Kier molecular flexibility index (Phi) is 7.70. The Bertz CT molecular complexity index is 1290. The van der Waals surface area contributed by atoms with Gasteiger partial charge < -0.3 is 34.6 Å². The molecule has 1 saturated heterocycles. The third kappa shape index (κ3) is 5.71. The van der Waals surface area contributed by atoms with Crippen LogP contribution in [-0.2, 0) is 4.74 Å². The standard InChI is InChI=1S/C28H26O9/c1-15(17-8-10-19(11-9-17)36-27(34)18-6-4-3-5-7-18)23(30)21-13-12-20(14-22(21)29)37-28-26(33)25(32)24(31)16(2)35-28/h3-14,16,24-26,28-29,31-33H,1H2,2H3/t16-,24-,25+,26-,28+/m0/s1. The van der Waals surface area contributed by atoms with Gasteiger partial charge in [0.1, 0.15) is 35.6 Å². The van der Waals surface area contributed by atoms with Crippen molar-refractivity contribution in [2.45, 2.75) is 37.6 Å². The summed E-state index contributed by atoms with van der Waals surface area (Å²) in [6, 6.07) is 18.6. The normalized spacial score (nSPS) is 23.2. The van der Waals surface area contributed by atoms with E-state index in [1.165, 1.54) is 37.3 Å². The van der Waals surface area contributed by atoms with E-state index < -0.39 is 48.2 Å². The maximum Gasteiger partial charge on any atom is 0.343 e. The lowest BCUT2D eigenvalue weighted by Crippen LogP contribution is -2.58. The van der Waals surface area contributed by atoms with Gasteiger partial charge in [-0.05, 0) is 48.9 Å². The number of aliphatic hydroxyl groups excluding tert-OH is 3. The van der Waals surface area contributed by atoms with Crippen LogP contribution in [0.15, 0.2) is 79.4 Å². The molecular weight excluding hydrogens is 480 g/mol. The molecular formula is C28H26O9. The molecule has 9 heteroatoms. The van der Waals surface area contributed by atoms with Gasteiger partial charge in [-0.2, -0.15) is 0 Å². The average Bonchev–Trinajstić information content (AvgIpc) is 2.90. The zero-order valence-electron chi connectivity index (χ0n) is 19.9. The van der Waals surface area contributed by atoms with Crippen molar-refractivity contribution in [2.75, 3.05) is 0 Å². The molecule has 1 aliphatic heterocycles. The molecule has 1 aliphatic rings. The first kappa shape index (κ1) is 26.1. The van der Waals surface area contributed by atoms with Gasteiger partial charge in [0.2, 0.25) is 6.29 Å². The van der Waals surface area contributed by atoms with Crippen molar-refractivity contribution in [1.29, 1.82) is 0 Å². The summed E-state index contributed by atoms with van der Waals surface area (Å²) in [5, 5.41) is 40.3. The SMILES string of the molecule is C=C(C(=O)c1ccc(O[C@H]2O[C@@H](C)[C@H](O)[C@@H](O)[C@@H]2O)cc1O)c1ccc(OC(=O)c2ccccc2)cc1. The summed E-state index contributed by atoms with van der Waals surface area (Å²) in [5.41, 5.74) is 0.930. The van der Waals surface area contributed by atoms with Gasteiger partial charge in [0.05, 0.1) is 17.2 Å². The number of benzene rings is 3. The van der Waals surface area contributed by atoms with Crippen molar-refractivity contribution in [3.8, 4) is 17.2 Å². The number of allylic oxidation sites excluding steroid dienone is 1. The maximum absolute atomic E-state index is 13.0. The lowest BCUT2D eigenvalue weighted by atomic mass is 9.97. The highest BCUT2D eigenvalue weighted by atomic mass is 16.7. The Morgan fingerprint density at radius 1 is 0.838 bits per heavy atom. The number of carbonyl (C=O) groups excluding carboxylic acids is 2. The van der Waals surface area contributed by atoms with Gasteiger partial charge in [-0.25, -0.2) is 4.79 Å². The van der Waals surface area contributed by atoms with Crippen molar-refractivity contribution in [2.24, 2.45) is 0 Å². The van der Waals surface area contributed by atoms with Crippen LogP contribution >= 0.6 is 0 Å². The number of aromatic hydroxyl groups is 1. The summed E-state index contributed by atoms with van der Waals surface area (Å²) in [7, 11) is 0. The van der Waals surface area contributed by atoms with Crippen LogP contribution in [0.3, 0.4) is 0 Å². The van der Waals surface area contributed by atoms with E-state index in [4.69, 9.17) is 14.2 Å². The number of phenols is 1. The third-order valence-corrected chi connectivity index (χ3v) is 5.97. The molecule has 0 unspecified atom stereocenters. The maximum atomic E-state index is 13.0. The van der Waals surface area contributed by atoms with Gasteiger partial charge in [-0.3, -0.25) is 4.79 Å². The quantitative estimate of drug-likeness (QED) is 0.165. The molecule has 0 amide bonds. The predicted octanol–water partition coefficient (Wildman–Crippen LogP) is 2.71. The van der Waals surface area contributed by atoms with E-state index in [1.807, 2.05) is 0 Å². The summed E-state index contributed by atoms with van der Waals surface area (Å²) in [5.74, 6) is -1.08. The topological polar surface area (TPSA) is 143 Å². The van der Waals surface area contributed by atoms with Crippen LogP contribution in [0.25, 0.3) is 5.57 Å². The molecule has 1 heterocycles. The highest BCUT2D eigenvalue weighted by Crippen LogP contribution is 2.31. The minimum Gasteiger partial charge on any atom is -0.507 e. The first-order valence-electron chi connectivity index (χ1n) is 11.5. The second-order valence-corrected chi connectivity index (χ2v) is 8.57. The van der Waals surface area contributed by atoms with E-state index in [0.29, 0.717) is 16.9 Å². The smallest absolute Gasteiger partial charge is 0.343 e. The lowest BCUT2D eigenvalue weighted by molar-refractivity contribution is -0.268. The van der Waals surface area contributed by atoms with Gasteiger partial charge in [0.25, 0.3) is 0 Å². The van der Waals surface area contributed by atoms with Crippen molar-refractivity contribution in [1.82, 2.24) is 0 Å². The Hall–Kier alpha value is -4.02. The van der Waals surface area contributed by atoms with Gasteiger partial charge >= 0.3 is 5.97 Å². The molecule has 0 saturated carbocycles. The van der Waals surface area contributed by atoms with Crippen LogP contribution in [-0.4, -0.2) is 62.9 Å². The number of ether oxygens (including phenoxy) is 3. The van der Waals surface area contributed by atoms with Gasteiger partial charge in [-0.15, -0.1) is 0 Å². The number of phenolic OH excluding ortho intramolecular Hbond substituents is 1. The Labute approximate surface area is 212 Å². The minimum atomic E-state index is -1.52. The molecule has 4 rings (SSSR count). The highest BCUT2D eigenvalue weighted by Gasteiger charge is 2.43. The van der Waals surface area contributed by atoms with Gasteiger partial charge in [-0.1, -0.05) is 36.9 Å². The fraction of sp³-hybridized carbons (Fsp3) is 0.214. The number of hydrogen-bond donors (Lipinski definition) is 4. The van der Waals surface area contributed by atoms with Crippen molar-refractivity contribution < 1.29 is 44.2 Å². The van der Waals surface area contributed by atoms with Crippen molar-refractivity contribution >= 4 is 17.3 Å². The molecule has 3 aromatic rings. The van der Waals surface area contributed by atoms with Gasteiger partial charge in [0, 0.05) is 11.6 Å². The zero-order valence-corrected chi connectivity index (χ0v) is 19.9. The lowest BCUT2D eigenvalue weighted by Gasteiger charge is -2.38. The second kappa shape index (κ2) is 10.9. The minimum absolute atomic E-state index is 0.0362. The Morgan fingerprint density at radius 2 is 1.49 bits per heavy atom. The van der Waals surface area contributed by atoms with E-state index in [2.05, 4.69) is 6.58 Å². The van der Waals surface area contributed by atoms with Crippen molar-refractivity contribution in [3.05, 3.63) is 96.1 Å². The molecule has 1 fully saturated rings. The molecule has 0 aromatic heterocycles. The third-order valence-electron chi connectivity index (χ3n) is 5.97. The van der Waals surface area contributed by atoms with Crippen LogP contribution in [0.4, 0.5) is 0 Å². The first-order valence-corrected chi connectivity index (χ1v) is 11.5. The molecule has 5 atom stereocenters. The Morgan fingerprint density at radius 3 is 2.14 bits per heavy atom. The van der Waals surface area contributed by atoms with E-state index >= 15 is 0 Å². The first-order chi connectivity index (χ1) is 17.7.